The standard InChI is InChI=1S/C33H34N4O5S/c1-5-7-15-28-29(37(6-2)24-12-10-11-22(20-24)21-34)30(38)31(32(39)35-28)43(41,42)25-18-16-23(17-19-25)26-13-8-9-14-27(26)33(40)36(3)4/h8-14,16-20H,5-7,15H2,1-4H3,(H2,35,38,39). The Bertz CT molecular complexity index is 1860. The Labute approximate surface area is 251 Å². The van der Waals surface area contributed by atoms with E-state index in [0.29, 0.717) is 53.0 Å². The van der Waals surface area contributed by atoms with E-state index in [-0.39, 0.29) is 16.5 Å². The topological polar surface area (TPSA) is 135 Å². The Morgan fingerprint density at radius 3 is 2.33 bits per heavy atom. The quantitative estimate of drug-likeness (QED) is 0.241. The Balaban J connectivity index is 1.86. The number of aromatic hydroxyl groups is 1. The number of rotatable bonds is 10. The number of aromatic nitrogens is 1. The molecule has 0 fully saturated rings. The zero-order valence-electron chi connectivity index (χ0n) is 24.6. The lowest BCUT2D eigenvalue weighted by molar-refractivity contribution is 0.0828. The van der Waals surface area contributed by atoms with Crippen LogP contribution in [-0.2, 0) is 16.3 Å². The third-order valence-electron chi connectivity index (χ3n) is 7.16. The maximum Gasteiger partial charge on any atom is 0.271 e. The van der Waals surface area contributed by atoms with Crippen molar-refractivity contribution in [3.63, 3.8) is 0 Å². The highest BCUT2D eigenvalue weighted by molar-refractivity contribution is 7.91. The first-order chi connectivity index (χ1) is 20.5. The number of aromatic amines is 1. The zero-order valence-corrected chi connectivity index (χ0v) is 25.4. The predicted molar refractivity (Wildman–Crippen MR) is 167 cm³/mol. The lowest BCUT2D eigenvalue weighted by Crippen LogP contribution is -2.25. The molecule has 1 amide bonds. The summed E-state index contributed by atoms with van der Waals surface area (Å²) in [6.07, 6.45) is 1.92. The van der Waals surface area contributed by atoms with E-state index in [1.54, 1.807) is 79.7 Å². The summed E-state index contributed by atoms with van der Waals surface area (Å²) in [6.45, 7) is 4.15. The predicted octanol–water partition coefficient (Wildman–Crippen LogP) is 5.65. The first-order valence-corrected chi connectivity index (χ1v) is 15.4. The lowest BCUT2D eigenvalue weighted by Gasteiger charge is -2.27. The minimum atomic E-state index is -4.48. The van der Waals surface area contributed by atoms with Crippen LogP contribution in [0.1, 0.15) is 48.3 Å². The van der Waals surface area contributed by atoms with Gasteiger partial charge in [0.1, 0.15) is 5.69 Å². The van der Waals surface area contributed by atoms with Gasteiger partial charge in [0.05, 0.1) is 16.5 Å². The van der Waals surface area contributed by atoms with E-state index in [1.165, 1.54) is 17.0 Å². The molecule has 1 heterocycles. The molecule has 0 bridgehead atoms. The third kappa shape index (κ3) is 6.17. The average molecular weight is 599 g/mol. The van der Waals surface area contributed by atoms with Crippen LogP contribution >= 0.6 is 0 Å². The van der Waals surface area contributed by atoms with Gasteiger partial charge in [-0.1, -0.05) is 49.7 Å². The molecular formula is C33H34N4O5S. The van der Waals surface area contributed by atoms with Crippen molar-refractivity contribution in [2.24, 2.45) is 0 Å². The number of nitriles is 1. The van der Waals surface area contributed by atoms with Crippen LogP contribution in [0.4, 0.5) is 11.4 Å². The zero-order chi connectivity index (χ0) is 31.3. The number of aryl methyl sites for hydroxylation is 1. The van der Waals surface area contributed by atoms with Gasteiger partial charge in [-0.05, 0) is 67.3 Å². The number of hydrogen-bond donors (Lipinski definition) is 2. The summed E-state index contributed by atoms with van der Waals surface area (Å²) in [5.41, 5.74) is 2.35. The highest BCUT2D eigenvalue weighted by atomic mass is 32.2. The van der Waals surface area contributed by atoms with Crippen molar-refractivity contribution >= 4 is 27.1 Å². The highest BCUT2D eigenvalue weighted by Gasteiger charge is 2.31. The molecule has 0 unspecified atom stereocenters. The molecule has 43 heavy (non-hydrogen) atoms. The minimum absolute atomic E-state index is 0.178. The van der Waals surface area contributed by atoms with Crippen molar-refractivity contribution in [3.8, 4) is 22.9 Å². The van der Waals surface area contributed by atoms with E-state index in [9.17, 15) is 28.4 Å². The molecule has 0 aliphatic heterocycles. The molecule has 0 aliphatic rings. The number of hydrogen-bond acceptors (Lipinski definition) is 7. The van der Waals surface area contributed by atoms with E-state index < -0.39 is 26.0 Å². The summed E-state index contributed by atoms with van der Waals surface area (Å²) in [7, 11) is -1.18. The van der Waals surface area contributed by atoms with E-state index in [0.717, 1.165) is 6.42 Å². The van der Waals surface area contributed by atoms with E-state index in [1.807, 2.05) is 13.8 Å². The van der Waals surface area contributed by atoms with Crippen molar-refractivity contribution in [2.75, 3.05) is 25.5 Å². The molecule has 0 spiro atoms. The number of nitrogens with one attached hydrogen (secondary N) is 1. The Kier molecular flexibility index (Phi) is 9.37. The highest BCUT2D eigenvalue weighted by Crippen LogP contribution is 2.40. The summed E-state index contributed by atoms with van der Waals surface area (Å²) in [5.74, 6) is -0.842. The van der Waals surface area contributed by atoms with Crippen LogP contribution in [0.5, 0.6) is 5.75 Å². The molecule has 1 aromatic heterocycles. The largest absolute Gasteiger partial charge is 0.504 e. The third-order valence-corrected chi connectivity index (χ3v) is 8.97. The summed E-state index contributed by atoms with van der Waals surface area (Å²) >= 11 is 0. The fourth-order valence-corrected chi connectivity index (χ4v) is 6.37. The van der Waals surface area contributed by atoms with Crippen molar-refractivity contribution in [1.82, 2.24) is 9.88 Å². The van der Waals surface area contributed by atoms with Gasteiger partial charge in [-0.25, -0.2) is 8.42 Å². The van der Waals surface area contributed by atoms with Crippen LogP contribution < -0.4 is 10.5 Å². The number of nitrogens with zero attached hydrogens (tertiary/aromatic N) is 3. The van der Waals surface area contributed by atoms with Crippen LogP contribution in [0.25, 0.3) is 11.1 Å². The second-order valence-corrected chi connectivity index (χ2v) is 12.1. The summed E-state index contributed by atoms with van der Waals surface area (Å²) in [4.78, 5) is 31.0. The van der Waals surface area contributed by atoms with Gasteiger partial charge in [0.15, 0.2) is 10.6 Å². The number of carbonyl (C=O) groups excluding carboxylic acids is 1. The SMILES string of the molecule is CCCCc1[nH]c(=O)c(S(=O)(=O)c2ccc(-c3ccccc3C(=O)N(C)C)cc2)c(O)c1N(CC)c1cccc(C#N)c1. The van der Waals surface area contributed by atoms with Gasteiger partial charge in [-0.3, -0.25) is 9.59 Å². The van der Waals surface area contributed by atoms with Crippen molar-refractivity contribution in [2.45, 2.75) is 42.9 Å². The van der Waals surface area contributed by atoms with Crippen LogP contribution in [-0.4, -0.2) is 50.0 Å². The van der Waals surface area contributed by atoms with Crippen LogP contribution in [0, 0.1) is 11.3 Å². The first-order valence-electron chi connectivity index (χ1n) is 14.0. The second kappa shape index (κ2) is 13.0. The fourth-order valence-electron chi connectivity index (χ4n) is 4.99. The number of anilines is 2. The van der Waals surface area contributed by atoms with Gasteiger partial charge in [0, 0.05) is 37.6 Å². The van der Waals surface area contributed by atoms with Crippen molar-refractivity contribution in [3.05, 3.63) is 100.0 Å². The molecule has 0 saturated carbocycles. The van der Waals surface area contributed by atoms with Gasteiger partial charge >= 0.3 is 0 Å². The molecule has 2 N–H and O–H groups in total. The summed E-state index contributed by atoms with van der Waals surface area (Å²) in [5, 5.41) is 21.0. The molecule has 0 atom stereocenters. The van der Waals surface area contributed by atoms with Crippen LogP contribution in [0.2, 0.25) is 0 Å². The van der Waals surface area contributed by atoms with E-state index >= 15 is 0 Å². The minimum Gasteiger partial charge on any atom is -0.504 e. The number of pyridine rings is 1. The molecule has 222 valence electrons. The van der Waals surface area contributed by atoms with Gasteiger partial charge in [0.25, 0.3) is 11.5 Å². The number of carbonyl (C=O) groups is 1. The van der Waals surface area contributed by atoms with Gasteiger partial charge in [-0.2, -0.15) is 5.26 Å². The van der Waals surface area contributed by atoms with Crippen molar-refractivity contribution in [1.29, 1.82) is 5.26 Å². The Hall–Kier alpha value is -4.88. The fraction of sp³-hybridized carbons (Fsp3) is 0.242. The number of amides is 1. The van der Waals surface area contributed by atoms with E-state index in [2.05, 4.69) is 11.1 Å². The molecule has 4 rings (SSSR count). The summed E-state index contributed by atoms with van der Waals surface area (Å²) in [6, 6.07) is 21.7. The van der Waals surface area contributed by atoms with Crippen molar-refractivity contribution < 1.29 is 18.3 Å². The van der Waals surface area contributed by atoms with Gasteiger partial charge in [-0.15, -0.1) is 0 Å². The smallest absolute Gasteiger partial charge is 0.271 e. The summed E-state index contributed by atoms with van der Waals surface area (Å²) < 4.78 is 27.8. The molecule has 10 heteroatoms. The number of H-pyrrole nitrogens is 1. The number of unbranched alkanes of at least 4 members (excludes halogenated alkanes) is 1. The Morgan fingerprint density at radius 2 is 1.70 bits per heavy atom. The van der Waals surface area contributed by atoms with Gasteiger partial charge in [0.2, 0.25) is 9.84 Å². The average Bonchev–Trinajstić information content (AvgIpc) is 3.01. The lowest BCUT2D eigenvalue weighted by atomic mass is 9.99. The van der Waals surface area contributed by atoms with Crippen LogP contribution in [0.3, 0.4) is 0 Å². The van der Waals surface area contributed by atoms with E-state index in [4.69, 9.17) is 0 Å². The molecule has 0 aliphatic carbocycles. The molecule has 3 aromatic carbocycles. The molecular weight excluding hydrogens is 564 g/mol. The monoisotopic (exact) mass is 598 g/mol. The number of sulfone groups is 1. The first kappa shape index (κ1) is 31.1. The number of benzene rings is 3. The molecule has 9 nitrogen and oxygen atoms in total. The normalized spacial score (nSPS) is 11.1. The molecule has 0 radical (unpaired) electrons. The Morgan fingerprint density at radius 1 is 1.00 bits per heavy atom. The van der Waals surface area contributed by atoms with Gasteiger partial charge < -0.3 is 19.9 Å². The molecule has 4 aromatic rings. The second-order valence-electron chi connectivity index (χ2n) is 10.2. The van der Waals surface area contributed by atoms with Crippen LogP contribution in [0.15, 0.2) is 87.4 Å². The maximum atomic E-state index is 13.9. The maximum absolute atomic E-state index is 13.9. The molecule has 0 saturated heterocycles.